The summed E-state index contributed by atoms with van der Waals surface area (Å²) in [5, 5.41) is 16.7. The minimum Gasteiger partial charge on any atom is -0.458 e. The van der Waals surface area contributed by atoms with E-state index in [0.29, 0.717) is 19.2 Å². The molecule has 0 spiro atoms. The number of carbonyl (C=O) groups excluding carboxylic acids is 5. The number of nitrogens with one attached hydrogen (secondary N) is 4. The summed E-state index contributed by atoms with van der Waals surface area (Å²) in [6, 6.07) is 5.58. The van der Waals surface area contributed by atoms with Gasteiger partial charge in [0.15, 0.2) is 5.78 Å². The van der Waals surface area contributed by atoms with Gasteiger partial charge < -0.3 is 35.6 Å². The number of aryl methyl sites for hydroxylation is 1. The summed E-state index contributed by atoms with van der Waals surface area (Å²) in [5.74, 6) is -2.06. The van der Waals surface area contributed by atoms with Gasteiger partial charge in [-0.15, -0.1) is 0 Å². The average Bonchev–Trinajstić information content (AvgIpc) is 3.35. The maximum atomic E-state index is 13.8. The Kier molecular flexibility index (Phi) is 11.4. The SMILES string of the molecule is Cn1cc(CC(NC(=O)CCCNC(=O)C23CCN(CC2)CC3)C(=O)N[C@@H](CCC(=O)C=N)C(=O)OC(C)(C)C)c2ccccc21. The number of para-hydroxylation sites is 1. The van der Waals surface area contributed by atoms with Crippen LogP contribution in [0.25, 0.3) is 10.9 Å². The van der Waals surface area contributed by atoms with Crippen LogP contribution >= 0.6 is 0 Å². The van der Waals surface area contributed by atoms with E-state index in [1.165, 1.54) is 0 Å². The fraction of sp³-hybridized carbons (Fsp3) is 0.588. The molecular weight excluding hydrogens is 588 g/mol. The molecule has 3 fully saturated rings. The Morgan fingerprint density at radius 1 is 1.00 bits per heavy atom. The average molecular weight is 637 g/mol. The molecule has 2 aromatic rings. The molecule has 5 rings (SSSR count). The lowest BCUT2D eigenvalue weighted by Gasteiger charge is -2.47. The van der Waals surface area contributed by atoms with E-state index in [2.05, 4.69) is 20.9 Å². The highest BCUT2D eigenvalue weighted by molar-refractivity contribution is 6.26. The molecule has 3 saturated heterocycles. The Balaban J connectivity index is 1.43. The normalized spacial score (nSPS) is 20.4. The van der Waals surface area contributed by atoms with Crippen molar-refractivity contribution < 1.29 is 28.7 Å². The number of Topliss-reactive ketones (excluding diaryl/α,β-unsaturated/α-hetero) is 1. The topological polar surface area (TPSA) is 163 Å². The third-order valence-electron chi connectivity index (χ3n) is 8.97. The van der Waals surface area contributed by atoms with Crippen LogP contribution in [0.15, 0.2) is 30.5 Å². The second kappa shape index (κ2) is 15.0. The smallest absolute Gasteiger partial charge is 0.329 e. The molecule has 1 aromatic carbocycles. The van der Waals surface area contributed by atoms with Crippen LogP contribution in [-0.4, -0.2) is 89.0 Å². The van der Waals surface area contributed by atoms with Crippen LogP contribution in [0.3, 0.4) is 0 Å². The van der Waals surface area contributed by atoms with Crippen molar-refractivity contribution in [2.45, 2.75) is 89.8 Å². The van der Waals surface area contributed by atoms with Gasteiger partial charge in [0.2, 0.25) is 17.7 Å². The summed E-state index contributed by atoms with van der Waals surface area (Å²) >= 11 is 0. The molecule has 1 unspecified atom stereocenters. The van der Waals surface area contributed by atoms with Gasteiger partial charge in [0, 0.05) is 50.0 Å². The number of piperidine rings is 3. The number of hydrogen-bond donors (Lipinski definition) is 4. The van der Waals surface area contributed by atoms with Crippen molar-refractivity contribution in [2.75, 3.05) is 26.2 Å². The first-order chi connectivity index (χ1) is 21.8. The molecule has 2 atom stereocenters. The number of rotatable bonds is 15. The maximum absolute atomic E-state index is 13.8. The summed E-state index contributed by atoms with van der Waals surface area (Å²) in [6.45, 7) is 8.32. The number of esters is 1. The van der Waals surface area contributed by atoms with E-state index in [-0.39, 0.29) is 42.9 Å². The largest absolute Gasteiger partial charge is 0.458 e. The number of nitrogens with zero attached hydrogens (tertiary/aromatic N) is 2. The van der Waals surface area contributed by atoms with Gasteiger partial charge in [-0.2, -0.15) is 0 Å². The Bertz CT molecular complexity index is 1440. The molecule has 3 aliphatic heterocycles. The molecule has 12 heteroatoms. The minimum absolute atomic E-state index is 0.0526. The lowest BCUT2D eigenvalue weighted by atomic mass is 9.71. The van der Waals surface area contributed by atoms with Crippen molar-refractivity contribution in [3.63, 3.8) is 0 Å². The monoisotopic (exact) mass is 636 g/mol. The number of benzene rings is 1. The fourth-order valence-electron chi connectivity index (χ4n) is 6.34. The number of ether oxygens (including phenoxy) is 1. The van der Waals surface area contributed by atoms with Crippen molar-refractivity contribution in [2.24, 2.45) is 12.5 Å². The third-order valence-corrected chi connectivity index (χ3v) is 8.97. The molecule has 3 amide bonds. The molecule has 0 aliphatic carbocycles. The van der Waals surface area contributed by atoms with Crippen LogP contribution < -0.4 is 16.0 Å². The number of hydrogen-bond acceptors (Lipinski definition) is 8. The third kappa shape index (κ3) is 9.02. The van der Waals surface area contributed by atoms with E-state index in [0.717, 1.165) is 55.4 Å². The van der Waals surface area contributed by atoms with Crippen LogP contribution in [0.4, 0.5) is 0 Å². The Morgan fingerprint density at radius 3 is 2.33 bits per heavy atom. The number of aromatic nitrogens is 1. The molecular formula is C34H48N6O6. The summed E-state index contributed by atoms with van der Waals surface area (Å²) in [7, 11) is 1.91. The first kappa shape index (κ1) is 34.8. The summed E-state index contributed by atoms with van der Waals surface area (Å²) in [5.41, 5.74) is 0.688. The van der Waals surface area contributed by atoms with Gasteiger partial charge in [-0.1, -0.05) is 18.2 Å². The zero-order valence-electron chi connectivity index (χ0n) is 27.4. The highest BCUT2D eigenvalue weighted by Gasteiger charge is 2.44. The first-order valence-corrected chi connectivity index (χ1v) is 16.2. The van der Waals surface area contributed by atoms with Crippen molar-refractivity contribution in [3.05, 3.63) is 36.0 Å². The Hall–Kier alpha value is -4.06. The van der Waals surface area contributed by atoms with E-state index >= 15 is 0 Å². The molecule has 0 saturated carbocycles. The minimum atomic E-state index is -1.15. The molecule has 2 bridgehead atoms. The number of fused-ring (bicyclic) bond motifs is 4. The van der Waals surface area contributed by atoms with E-state index in [9.17, 15) is 24.0 Å². The van der Waals surface area contributed by atoms with E-state index in [4.69, 9.17) is 10.1 Å². The molecule has 1 aromatic heterocycles. The van der Waals surface area contributed by atoms with Crippen LogP contribution in [0.2, 0.25) is 0 Å². The fourth-order valence-corrected chi connectivity index (χ4v) is 6.34. The van der Waals surface area contributed by atoms with Crippen LogP contribution in [-0.2, 0) is 42.2 Å². The predicted octanol–water partition coefficient (Wildman–Crippen LogP) is 2.41. The molecule has 250 valence electrons. The zero-order valence-corrected chi connectivity index (χ0v) is 27.4. The number of ketones is 1. The van der Waals surface area contributed by atoms with E-state index in [1.54, 1.807) is 20.8 Å². The second-order valence-corrected chi connectivity index (χ2v) is 13.6. The van der Waals surface area contributed by atoms with Crippen LogP contribution in [0.1, 0.15) is 71.3 Å². The van der Waals surface area contributed by atoms with Gasteiger partial charge in [0.25, 0.3) is 0 Å². The molecule has 0 radical (unpaired) electrons. The lowest BCUT2D eigenvalue weighted by Crippen LogP contribution is -2.55. The standard InChI is InChI=1S/C34H48N6O6/c1-33(2,3)46-31(44)26(12-11-24(41)21-35)38-30(43)27(20-23-22-39(4)28-9-6-5-8-25(23)28)37-29(42)10-7-16-36-32(45)34-13-17-40(18-14-34)19-15-34/h5-6,8-9,21-22,26-27,35H,7,10-20H2,1-4H3,(H,36,45)(H,37,42)(H,38,43)/t26-,27?/m0/s1. The molecule has 3 aliphatic rings. The van der Waals surface area contributed by atoms with Crippen molar-refractivity contribution >= 4 is 46.6 Å². The summed E-state index contributed by atoms with van der Waals surface area (Å²) in [4.78, 5) is 67.2. The number of carbonyl (C=O) groups is 5. The number of amides is 3. The molecule has 46 heavy (non-hydrogen) atoms. The van der Waals surface area contributed by atoms with Crippen molar-refractivity contribution in [1.29, 1.82) is 5.41 Å². The van der Waals surface area contributed by atoms with Crippen LogP contribution in [0.5, 0.6) is 0 Å². The molecule has 4 N–H and O–H groups in total. The van der Waals surface area contributed by atoms with Crippen molar-refractivity contribution in [3.8, 4) is 0 Å². The van der Waals surface area contributed by atoms with Gasteiger partial charge in [0.05, 0.1) is 11.6 Å². The highest BCUT2D eigenvalue weighted by Crippen LogP contribution is 2.40. The zero-order chi connectivity index (χ0) is 33.5. The van der Waals surface area contributed by atoms with Gasteiger partial charge in [-0.25, -0.2) is 4.79 Å². The van der Waals surface area contributed by atoms with Gasteiger partial charge >= 0.3 is 5.97 Å². The van der Waals surface area contributed by atoms with Gasteiger partial charge in [0.1, 0.15) is 17.7 Å². The van der Waals surface area contributed by atoms with E-state index < -0.39 is 35.3 Å². The van der Waals surface area contributed by atoms with Crippen LogP contribution in [0, 0.1) is 10.8 Å². The Morgan fingerprint density at radius 2 is 1.67 bits per heavy atom. The Labute approximate surface area is 270 Å². The lowest BCUT2D eigenvalue weighted by molar-refractivity contribution is -0.159. The molecule has 12 nitrogen and oxygen atoms in total. The van der Waals surface area contributed by atoms with Gasteiger partial charge in [-0.3, -0.25) is 19.2 Å². The first-order valence-electron chi connectivity index (χ1n) is 16.2. The molecule has 4 heterocycles. The summed E-state index contributed by atoms with van der Waals surface area (Å²) in [6.07, 6.45) is 5.68. The maximum Gasteiger partial charge on any atom is 0.329 e. The second-order valence-electron chi connectivity index (χ2n) is 13.6. The quantitative estimate of drug-likeness (QED) is 0.133. The van der Waals surface area contributed by atoms with Crippen molar-refractivity contribution in [1.82, 2.24) is 25.4 Å². The van der Waals surface area contributed by atoms with E-state index in [1.807, 2.05) is 42.1 Å². The highest BCUT2D eigenvalue weighted by atomic mass is 16.6. The predicted molar refractivity (Wildman–Crippen MR) is 174 cm³/mol. The summed E-state index contributed by atoms with van der Waals surface area (Å²) < 4.78 is 7.45. The van der Waals surface area contributed by atoms with Gasteiger partial charge in [-0.05, 0) is 84.1 Å².